The maximum Gasteiger partial charge on any atom is 0.305 e. The smallest absolute Gasteiger partial charge is 0.305 e. The zero-order chi connectivity index (χ0) is 11.8. The third kappa shape index (κ3) is 4.40. The summed E-state index contributed by atoms with van der Waals surface area (Å²) in [6, 6.07) is 6.59. The molecule has 4 heteroatoms. The van der Waals surface area contributed by atoms with Crippen LogP contribution in [0, 0.1) is 5.82 Å². The number of carbonyl (C=O) groups excluding carboxylic acids is 1. The largest absolute Gasteiger partial charge is 0.464 e. The summed E-state index contributed by atoms with van der Waals surface area (Å²) in [6.07, 6.45) is 0.382. The molecule has 0 unspecified atom stereocenters. The van der Waals surface area contributed by atoms with E-state index in [-0.39, 0.29) is 11.8 Å². The summed E-state index contributed by atoms with van der Waals surface area (Å²) in [5.74, 6) is -0.437. The second kappa shape index (κ2) is 6.95. The standard InChI is InChI=1S/C12H16FNO2/c1-2-12(15)16-8-7-14-9-10-5-3-4-6-11(10)13/h3-6,14H,2,7-9H2,1H3. The molecule has 0 bridgehead atoms. The van der Waals surface area contributed by atoms with E-state index in [4.69, 9.17) is 4.74 Å². The Kier molecular flexibility index (Phi) is 5.50. The highest BCUT2D eigenvalue weighted by Crippen LogP contribution is 2.04. The molecule has 1 rings (SSSR count). The van der Waals surface area contributed by atoms with Gasteiger partial charge in [0, 0.05) is 25.1 Å². The fraction of sp³-hybridized carbons (Fsp3) is 0.417. The molecule has 16 heavy (non-hydrogen) atoms. The second-order valence-electron chi connectivity index (χ2n) is 3.34. The number of benzene rings is 1. The van der Waals surface area contributed by atoms with Crippen molar-refractivity contribution < 1.29 is 13.9 Å². The summed E-state index contributed by atoms with van der Waals surface area (Å²) in [5, 5.41) is 3.00. The number of hydrogen-bond donors (Lipinski definition) is 1. The fourth-order valence-electron chi connectivity index (χ4n) is 1.20. The number of ether oxygens (including phenoxy) is 1. The minimum Gasteiger partial charge on any atom is -0.464 e. The van der Waals surface area contributed by atoms with E-state index in [1.54, 1.807) is 25.1 Å². The van der Waals surface area contributed by atoms with E-state index in [0.29, 0.717) is 31.7 Å². The van der Waals surface area contributed by atoms with E-state index in [1.165, 1.54) is 6.07 Å². The Morgan fingerprint density at radius 1 is 1.44 bits per heavy atom. The topological polar surface area (TPSA) is 38.3 Å². The van der Waals surface area contributed by atoms with Gasteiger partial charge in [0.1, 0.15) is 12.4 Å². The van der Waals surface area contributed by atoms with Gasteiger partial charge in [0.05, 0.1) is 0 Å². The number of nitrogens with one attached hydrogen (secondary N) is 1. The minimum absolute atomic E-state index is 0.215. The maximum atomic E-state index is 13.2. The number of carbonyl (C=O) groups is 1. The Morgan fingerprint density at radius 3 is 2.88 bits per heavy atom. The molecule has 0 aliphatic rings. The average Bonchev–Trinajstić information content (AvgIpc) is 2.30. The molecule has 3 nitrogen and oxygen atoms in total. The molecule has 0 aliphatic heterocycles. The predicted molar refractivity (Wildman–Crippen MR) is 59.4 cm³/mol. The maximum absolute atomic E-state index is 13.2. The van der Waals surface area contributed by atoms with E-state index in [2.05, 4.69) is 5.32 Å². The minimum atomic E-state index is -0.222. The Balaban J connectivity index is 2.17. The lowest BCUT2D eigenvalue weighted by Gasteiger charge is -2.06. The molecule has 0 saturated carbocycles. The van der Waals surface area contributed by atoms with Gasteiger partial charge in [-0.1, -0.05) is 25.1 Å². The van der Waals surface area contributed by atoms with E-state index in [1.807, 2.05) is 0 Å². The summed E-state index contributed by atoms with van der Waals surface area (Å²) in [7, 11) is 0. The summed E-state index contributed by atoms with van der Waals surface area (Å²) in [4.78, 5) is 10.8. The Hall–Kier alpha value is -1.42. The molecule has 0 saturated heterocycles. The van der Waals surface area contributed by atoms with Crippen molar-refractivity contribution in [2.45, 2.75) is 19.9 Å². The quantitative estimate of drug-likeness (QED) is 0.593. The molecular formula is C12H16FNO2. The molecule has 0 aliphatic carbocycles. The van der Waals surface area contributed by atoms with Gasteiger partial charge in [-0.05, 0) is 6.07 Å². The first-order chi connectivity index (χ1) is 7.74. The van der Waals surface area contributed by atoms with Crippen molar-refractivity contribution in [3.8, 4) is 0 Å². The third-order valence-electron chi connectivity index (χ3n) is 2.10. The average molecular weight is 225 g/mol. The molecule has 0 heterocycles. The monoisotopic (exact) mass is 225 g/mol. The van der Waals surface area contributed by atoms with Crippen LogP contribution in [0.3, 0.4) is 0 Å². The van der Waals surface area contributed by atoms with Crippen LogP contribution in [-0.2, 0) is 16.1 Å². The van der Waals surface area contributed by atoms with Crippen molar-refractivity contribution in [1.82, 2.24) is 5.32 Å². The van der Waals surface area contributed by atoms with Gasteiger partial charge in [-0.25, -0.2) is 4.39 Å². The summed E-state index contributed by atoms with van der Waals surface area (Å²) in [5.41, 5.74) is 0.615. The van der Waals surface area contributed by atoms with Crippen molar-refractivity contribution in [1.29, 1.82) is 0 Å². The van der Waals surface area contributed by atoms with Crippen molar-refractivity contribution in [2.24, 2.45) is 0 Å². The van der Waals surface area contributed by atoms with E-state index in [9.17, 15) is 9.18 Å². The van der Waals surface area contributed by atoms with Crippen molar-refractivity contribution in [3.63, 3.8) is 0 Å². The molecule has 0 atom stereocenters. The van der Waals surface area contributed by atoms with Crippen LogP contribution in [0.4, 0.5) is 4.39 Å². The summed E-state index contributed by atoms with van der Waals surface area (Å²) in [6.45, 7) is 3.03. The SMILES string of the molecule is CCC(=O)OCCNCc1ccccc1F. The van der Waals surface area contributed by atoms with Gasteiger partial charge in [-0.15, -0.1) is 0 Å². The van der Waals surface area contributed by atoms with Crippen LogP contribution in [-0.4, -0.2) is 19.1 Å². The molecular weight excluding hydrogens is 209 g/mol. The predicted octanol–water partition coefficient (Wildman–Crippen LogP) is 1.87. The van der Waals surface area contributed by atoms with Gasteiger partial charge >= 0.3 is 5.97 Å². The van der Waals surface area contributed by atoms with Gasteiger partial charge in [0.2, 0.25) is 0 Å². The van der Waals surface area contributed by atoms with Crippen LogP contribution in [0.25, 0.3) is 0 Å². The lowest BCUT2D eigenvalue weighted by molar-refractivity contribution is -0.143. The van der Waals surface area contributed by atoms with Crippen molar-refractivity contribution in [3.05, 3.63) is 35.6 Å². The normalized spacial score (nSPS) is 10.1. The molecule has 1 N–H and O–H groups in total. The van der Waals surface area contributed by atoms with E-state index < -0.39 is 0 Å². The highest BCUT2D eigenvalue weighted by Gasteiger charge is 2.00. The van der Waals surface area contributed by atoms with Crippen molar-refractivity contribution >= 4 is 5.97 Å². The van der Waals surface area contributed by atoms with Crippen LogP contribution < -0.4 is 5.32 Å². The Morgan fingerprint density at radius 2 is 2.19 bits per heavy atom. The first kappa shape index (κ1) is 12.6. The van der Waals surface area contributed by atoms with Gasteiger partial charge < -0.3 is 10.1 Å². The first-order valence-electron chi connectivity index (χ1n) is 5.33. The van der Waals surface area contributed by atoms with Crippen LogP contribution in [0.15, 0.2) is 24.3 Å². The Labute approximate surface area is 94.6 Å². The summed E-state index contributed by atoms with van der Waals surface area (Å²) >= 11 is 0. The Bertz CT molecular complexity index is 342. The van der Waals surface area contributed by atoms with Gasteiger partial charge in [0.15, 0.2) is 0 Å². The molecule has 88 valence electrons. The lowest BCUT2D eigenvalue weighted by Crippen LogP contribution is -2.21. The molecule has 0 aromatic heterocycles. The van der Waals surface area contributed by atoms with E-state index in [0.717, 1.165) is 0 Å². The van der Waals surface area contributed by atoms with Crippen LogP contribution in [0.5, 0.6) is 0 Å². The lowest BCUT2D eigenvalue weighted by atomic mass is 10.2. The van der Waals surface area contributed by atoms with Crippen LogP contribution >= 0.6 is 0 Å². The third-order valence-corrected chi connectivity index (χ3v) is 2.10. The van der Waals surface area contributed by atoms with Crippen LogP contribution in [0.2, 0.25) is 0 Å². The molecule has 0 fully saturated rings. The highest BCUT2D eigenvalue weighted by molar-refractivity contribution is 5.68. The van der Waals surface area contributed by atoms with Gasteiger partial charge in [-0.3, -0.25) is 4.79 Å². The van der Waals surface area contributed by atoms with Crippen molar-refractivity contribution in [2.75, 3.05) is 13.2 Å². The number of rotatable bonds is 6. The zero-order valence-corrected chi connectivity index (χ0v) is 9.33. The second-order valence-corrected chi connectivity index (χ2v) is 3.34. The molecule has 0 radical (unpaired) electrons. The number of esters is 1. The zero-order valence-electron chi connectivity index (χ0n) is 9.33. The molecule has 0 spiro atoms. The molecule has 1 aromatic rings. The summed E-state index contributed by atoms with van der Waals surface area (Å²) < 4.78 is 18.0. The van der Waals surface area contributed by atoms with Gasteiger partial charge in [-0.2, -0.15) is 0 Å². The van der Waals surface area contributed by atoms with Crippen LogP contribution in [0.1, 0.15) is 18.9 Å². The van der Waals surface area contributed by atoms with Gasteiger partial charge in [0.25, 0.3) is 0 Å². The fourth-order valence-corrected chi connectivity index (χ4v) is 1.20. The highest BCUT2D eigenvalue weighted by atomic mass is 19.1. The molecule has 1 aromatic carbocycles. The molecule has 0 amide bonds. The van der Waals surface area contributed by atoms with E-state index >= 15 is 0 Å². The number of hydrogen-bond acceptors (Lipinski definition) is 3. The first-order valence-corrected chi connectivity index (χ1v) is 5.33. The number of halogens is 1.